The number of halogens is 1. The van der Waals surface area contributed by atoms with Crippen molar-refractivity contribution in [3.63, 3.8) is 0 Å². The van der Waals surface area contributed by atoms with Crippen molar-refractivity contribution in [1.82, 2.24) is 20.2 Å². The largest absolute Gasteiger partial charge is 0.496 e. The van der Waals surface area contributed by atoms with Crippen molar-refractivity contribution in [3.05, 3.63) is 60.2 Å². The molecule has 0 unspecified atom stereocenters. The van der Waals surface area contributed by atoms with E-state index in [1.165, 1.54) is 30.3 Å². The van der Waals surface area contributed by atoms with Crippen LogP contribution in [0, 0.1) is 5.82 Å². The minimum absolute atomic E-state index is 0.194. The lowest BCUT2D eigenvalue weighted by Crippen LogP contribution is -2.01. The van der Waals surface area contributed by atoms with Gasteiger partial charge in [0.05, 0.1) is 12.8 Å². The smallest absolute Gasteiger partial charge is 0.143 e. The highest BCUT2D eigenvalue weighted by Gasteiger charge is 2.06. The normalized spacial score (nSPS) is 10.5. The zero-order chi connectivity index (χ0) is 15.4. The molecule has 2 aromatic carbocycles. The van der Waals surface area contributed by atoms with E-state index in [2.05, 4.69) is 15.5 Å². The Morgan fingerprint density at radius 1 is 1.18 bits per heavy atom. The first kappa shape index (κ1) is 14.0. The van der Waals surface area contributed by atoms with Crippen LogP contribution in [0.15, 0.2) is 48.8 Å². The Labute approximate surface area is 126 Å². The quantitative estimate of drug-likeness (QED) is 0.724. The van der Waals surface area contributed by atoms with Crippen LogP contribution in [0.5, 0.6) is 11.5 Å². The van der Waals surface area contributed by atoms with Gasteiger partial charge in [-0.15, -0.1) is 5.10 Å². The van der Waals surface area contributed by atoms with Gasteiger partial charge in [0.15, 0.2) is 0 Å². The van der Waals surface area contributed by atoms with Crippen LogP contribution in [0.2, 0.25) is 0 Å². The Hall–Kier alpha value is -2.96. The third-order valence-corrected chi connectivity index (χ3v) is 3.07. The molecule has 0 bridgehead atoms. The molecule has 3 rings (SSSR count). The molecule has 0 atom stereocenters. The van der Waals surface area contributed by atoms with E-state index < -0.39 is 0 Å². The molecule has 0 fully saturated rings. The van der Waals surface area contributed by atoms with Crippen LogP contribution < -0.4 is 9.47 Å². The van der Waals surface area contributed by atoms with E-state index in [4.69, 9.17) is 9.47 Å². The number of hydrogen-bond acceptors (Lipinski definition) is 5. The van der Waals surface area contributed by atoms with E-state index in [0.29, 0.717) is 17.1 Å². The minimum Gasteiger partial charge on any atom is -0.496 e. The van der Waals surface area contributed by atoms with Crippen LogP contribution >= 0.6 is 0 Å². The van der Waals surface area contributed by atoms with E-state index in [9.17, 15) is 4.39 Å². The van der Waals surface area contributed by atoms with Gasteiger partial charge in [-0.2, -0.15) is 0 Å². The van der Waals surface area contributed by atoms with E-state index >= 15 is 0 Å². The van der Waals surface area contributed by atoms with Crippen LogP contribution in [-0.4, -0.2) is 27.3 Å². The second kappa shape index (κ2) is 6.21. The number of methoxy groups -OCH3 is 1. The molecule has 0 aliphatic carbocycles. The standard InChI is InChI=1S/C15H13FN4O2/c1-21-15-6-5-12(16)7-11(15)9-22-14-4-2-3-13(8-14)20-10-17-18-19-20/h2-8,10H,9H2,1H3. The number of rotatable bonds is 5. The molecule has 1 aromatic heterocycles. The molecular formula is C15H13FN4O2. The maximum absolute atomic E-state index is 13.3. The van der Waals surface area contributed by atoms with Crippen molar-refractivity contribution >= 4 is 0 Å². The number of aromatic nitrogens is 4. The van der Waals surface area contributed by atoms with Gasteiger partial charge in [0.25, 0.3) is 0 Å². The fourth-order valence-electron chi connectivity index (χ4n) is 2.02. The zero-order valence-electron chi connectivity index (χ0n) is 11.8. The maximum atomic E-state index is 13.3. The van der Waals surface area contributed by atoms with Crippen molar-refractivity contribution in [2.45, 2.75) is 6.61 Å². The van der Waals surface area contributed by atoms with Crippen LogP contribution in [0.25, 0.3) is 5.69 Å². The number of ether oxygens (including phenoxy) is 2. The van der Waals surface area contributed by atoms with Gasteiger partial charge in [0, 0.05) is 11.6 Å². The number of nitrogens with zero attached hydrogens (tertiary/aromatic N) is 4. The Balaban J connectivity index is 1.77. The maximum Gasteiger partial charge on any atom is 0.143 e. The average Bonchev–Trinajstić information content (AvgIpc) is 3.08. The van der Waals surface area contributed by atoms with Gasteiger partial charge >= 0.3 is 0 Å². The highest BCUT2D eigenvalue weighted by molar-refractivity contribution is 5.39. The summed E-state index contributed by atoms with van der Waals surface area (Å²) < 4.78 is 25.7. The average molecular weight is 300 g/mol. The van der Waals surface area contributed by atoms with Gasteiger partial charge in [0.1, 0.15) is 30.3 Å². The van der Waals surface area contributed by atoms with Crippen molar-refractivity contribution in [2.24, 2.45) is 0 Å². The molecular weight excluding hydrogens is 287 g/mol. The summed E-state index contributed by atoms with van der Waals surface area (Å²) in [5.74, 6) is 0.874. The number of tetrazole rings is 1. The first-order valence-electron chi connectivity index (χ1n) is 6.55. The van der Waals surface area contributed by atoms with E-state index in [-0.39, 0.29) is 12.4 Å². The van der Waals surface area contributed by atoms with Gasteiger partial charge in [-0.05, 0) is 40.8 Å². The lowest BCUT2D eigenvalue weighted by Gasteiger charge is -2.11. The summed E-state index contributed by atoms with van der Waals surface area (Å²) in [6, 6.07) is 11.6. The molecule has 6 nitrogen and oxygen atoms in total. The van der Waals surface area contributed by atoms with Gasteiger partial charge in [-0.3, -0.25) is 0 Å². The minimum atomic E-state index is -0.332. The van der Waals surface area contributed by atoms with Crippen LogP contribution in [0.1, 0.15) is 5.56 Å². The molecule has 7 heteroatoms. The van der Waals surface area contributed by atoms with Crippen molar-refractivity contribution < 1.29 is 13.9 Å². The lowest BCUT2D eigenvalue weighted by molar-refractivity contribution is 0.295. The van der Waals surface area contributed by atoms with Crippen LogP contribution in [-0.2, 0) is 6.61 Å². The van der Waals surface area contributed by atoms with E-state index in [0.717, 1.165) is 5.69 Å². The van der Waals surface area contributed by atoms with Crippen molar-refractivity contribution in [3.8, 4) is 17.2 Å². The Bertz CT molecular complexity index is 762. The second-order valence-corrected chi connectivity index (χ2v) is 4.50. The predicted octanol–water partition coefficient (Wildman–Crippen LogP) is 2.39. The summed E-state index contributed by atoms with van der Waals surface area (Å²) in [6.45, 7) is 0.194. The third kappa shape index (κ3) is 3.03. The fraction of sp³-hybridized carbons (Fsp3) is 0.133. The molecule has 112 valence electrons. The molecule has 0 aliphatic heterocycles. The summed E-state index contributed by atoms with van der Waals surface area (Å²) >= 11 is 0. The molecule has 3 aromatic rings. The molecule has 0 saturated carbocycles. The number of benzene rings is 2. The third-order valence-electron chi connectivity index (χ3n) is 3.07. The molecule has 22 heavy (non-hydrogen) atoms. The molecule has 0 spiro atoms. The summed E-state index contributed by atoms with van der Waals surface area (Å²) in [7, 11) is 1.54. The van der Waals surface area contributed by atoms with Crippen LogP contribution in [0.4, 0.5) is 4.39 Å². The molecule has 0 N–H and O–H groups in total. The molecule has 1 heterocycles. The SMILES string of the molecule is COc1ccc(F)cc1COc1cccc(-n2cnnn2)c1. The second-order valence-electron chi connectivity index (χ2n) is 4.50. The predicted molar refractivity (Wildman–Crippen MR) is 76.4 cm³/mol. The number of hydrogen-bond donors (Lipinski definition) is 0. The summed E-state index contributed by atoms with van der Waals surface area (Å²) in [6.07, 6.45) is 1.49. The van der Waals surface area contributed by atoms with Gasteiger partial charge < -0.3 is 9.47 Å². The van der Waals surface area contributed by atoms with E-state index in [1.54, 1.807) is 18.2 Å². The highest BCUT2D eigenvalue weighted by Crippen LogP contribution is 2.22. The molecule has 0 aliphatic rings. The first-order chi connectivity index (χ1) is 10.8. The van der Waals surface area contributed by atoms with Crippen LogP contribution in [0.3, 0.4) is 0 Å². The molecule has 0 radical (unpaired) electrons. The monoisotopic (exact) mass is 300 g/mol. The van der Waals surface area contributed by atoms with E-state index in [1.807, 2.05) is 12.1 Å². The summed E-state index contributed by atoms with van der Waals surface area (Å²) in [4.78, 5) is 0. The van der Waals surface area contributed by atoms with Gasteiger partial charge in [-0.25, -0.2) is 9.07 Å². The van der Waals surface area contributed by atoms with Crippen molar-refractivity contribution in [2.75, 3.05) is 7.11 Å². The molecule has 0 amide bonds. The fourth-order valence-corrected chi connectivity index (χ4v) is 2.02. The van der Waals surface area contributed by atoms with Gasteiger partial charge in [0.2, 0.25) is 0 Å². The highest BCUT2D eigenvalue weighted by atomic mass is 19.1. The Kier molecular flexibility index (Phi) is 3.95. The first-order valence-corrected chi connectivity index (χ1v) is 6.55. The lowest BCUT2D eigenvalue weighted by atomic mass is 10.2. The van der Waals surface area contributed by atoms with Crippen molar-refractivity contribution in [1.29, 1.82) is 0 Å². The topological polar surface area (TPSA) is 62.1 Å². The summed E-state index contributed by atoms with van der Waals surface area (Å²) in [5.41, 5.74) is 1.41. The Morgan fingerprint density at radius 2 is 2.09 bits per heavy atom. The Morgan fingerprint density at radius 3 is 2.86 bits per heavy atom. The summed E-state index contributed by atoms with van der Waals surface area (Å²) in [5, 5.41) is 11.0. The van der Waals surface area contributed by atoms with Gasteiger partial charge in [-0.1, -0.05) is 6.07 Å². The zero-order valence-corrected chi connectivity index (χ0v) is 11.8. The molecule has 0 saturated heterocycles.